The lowest BCUT2D eigenvalue weighted by Crippen LogP contribution is -1.91. The Bertz CT molecular complexity index is 943. The zero-order valence-electron chi connectivity index (χ0n) is 9.71. The average molecular weight is 252 g/mol. The first-order chi connectivity index (χ1) is 9.24. The van der Waals surface area contributed by atoms with Gasteiger partial charge in [0.1, 0.15) is 16.7 Å². The third kappa shape index (κ3) is 1.31. The normalized spacial score (nSPS) is 11.6. The molecule has 0 saturated carbocycles. The van der Waals surface area contributed by atoms with E-state index in [-0.39, 0.29) is 5.76 Å². The molecular formula is C15H8O4. The molecule has 0 radical (unpaired) electrons. The van der Waals surface area contributed by atoms with E-state index in [0.717, 1.165) is 27.3 Å². The van der Waals surface area contributed by atoms with Crippen molar-refractivity contribution in [1.82, 2.24) is 0 Å². The van der Waals surface area contributed by atoms with E-state index in [1.807, 2.05) is 24.3 Å². The summed E-state index contributed by atoms with van der Waals surface area (Å²) >= 11 is 0. The largest absolute Gasteiger partial charge is 0.475 e. The van der Waals surface area contributed by atoms with Crippen LogP contribution in [0.3, 0.4) is 0 Å². The number of rotatable bonds is 1. The van der Waals surface area contributed by atoms with Gasteiger partial charge in [-0.25, -0.2) is 4.79 Å². The second-order valence-electron chi connectivity index (χ2n) is 4.36. The molecule has 4 rings (SSSR count). The van der Waals surface area contributed by atoms with E-state index in [4.69, 9.17) is 13.9 Å². The van der Waals surface area contributed by atoms with Crippen LogP contribution in [0.4, 0.5) is 0 Å². The van der Waals surface area contributed by atoms with Crippen LogP contribution in [0.25, 0.3) is 32.9 Å². The molecule has 4 nitrogen and oxygen atoms in total. The predicted molar refractivity (Wildman–Crippen MR) is 70.5 cm³/mol. The van der Waals surface area contributed by atoms with Gasteiger partial charge in [0.05, 0.1) is 0 Å². The third-order valence-electron chi connectivity index (χ3n) is 3.25. The Balaban J connectivity index is 2.25. The maximum absolute atomic E-state index is 11.0. The molecule has 0 saturated heterocycles. The van der Waals surface area contributed by atoms with Crippen LogP contribution in [0, 0.1) is 0 Å². The highest BCUT2D eigenvalue weighted by Gasteiger charge is 2.16. The van der Waals surface area contributed by atoms with Crippen molar-refractivity contribution in [1.29, 1.82) is 0 Å². The minimum atomic E-state index is -1.07. The number of carboxylic acid groups (broad SMARTS) is 1. The highest BCUT2D eigenvalue weighted by Crippen LogP contribution is 2.35. The zero-order valence-corrected chi connectivity index (χ0v) is 9.71. The lowest BCUT2D eigenvalue weighted by Gasteiger charge is -1.90. The van der Waals surface area contributed by atoms with E-state index in [1.54, 1.807) is 18.2 Å². The van der Waals surface area contributed by atoms with Gasteiger partial charge in [-0.05, 0) is 18.2 Å². The van der Waals surface area contributed by atoms with Gasteiger partial charge in [0.25, 0.3) is 0 Å². The third-order valence-corrected chi connectivity index (χ3v) is 3.25. The molecule has 92 valence electrons. The molecular weight excluding hydrogens is 244 g/mol. The standard InChI is InChI=1S/C15H8O4/c16-15(17)13-7-9-11(19-13)5-6-12-14(9)8-3-1-2-4-10(8)18-12/h1-7H,(H,16,17). The first-order valence-electron chi connectivity index (χ1n) is 5.81. The second kappa shape index (κ2) is 3.38. The minimum absolute atomic E-state index is 0.0622. The number of aromatic carboxylic acids is 1. The minimum Gasteiger partial charge on any atom is -0.475 e. The van der Waals surface area contributed by atoms with E-state index < -0.39 is 5.97 Å². The van der Waals surface area contributed by atoms with Crippen molar-refractivity contribution < 1.29 is 18.7 Å². The Kier molecular flexibility index (Phi) is 1.82. The van der Waals surface area contributed by atoms with Crippen molar-refractivity contribution in [3.8, 4) is 0 Å². The van der Waals surface area contributed by atoms with Crippen molar-refractivity contribution in [3.63, 3.8) is 0 Å². The zero-order chi connectivity index (χ0) is 13.0. The van der Waals surface area contributed by atoms with Crippen molar-refractivity contribution >= 4 is 38.9 Å². The van der Waals surface area contributed by atoms with E-state index in [9.17, 15) is 4.79 Å². The summed E-state index contributed by atoms with van der Waals surface area (Å²) in [6, 6.07) is 12.7. The molecule has 0 atom stereocenters. The van der Waals surface area contributed by atoms with Crippen molar-refractivity contribution in [2.75, 3.05) is 0 Å². The Morgan fingerprint density at radius 2 is 1.63 bits per heavy atom. The number of hydrogen-bond acceptors (Lipinski definition) is 3. The maximum atomic E-state index is 11.0. The summed E-state index contributed by atoms with van der Waals surface area (Å²) < 4.78 is 11.1. The lowest BCUT2D eigenvalue weighted by molar-refractivity contribution is 0.0665. The van der Waals surface area contributed by atoms with Gasteiger partial charge in [0.15, 0.2) is 0 Å². The monoisotopic (exact) mass is 252 g/mol. The molecule has 0 amide bonds. The topological polar surface area (TPSA) is 63.6 Å². The van der Waals surface area contributed by atoms with Gasteiger partial charge >= 0.3 is 5.97 Å². The first kappa shape index (κ1) is 10.2. The molecule has 4 heteroatoms. The van der Waals surface area contributed by atoms with Gasteiger partial charge in [-0.3, -0.25) is 0 Å². The Morgan fingerprint density at radius 1 is 0.895 bits per heavy atom. The Morgan fingerprint density at radius 3 is 2.47 bits per heavy atom. The van der Waals surface area contributed by atoms with Crippen LogP contribution in [0.15, 0.2) is 51.3 Å². The smallest absolute Gasteiger partial charge is 0.371 e. The Labute approximate surface area is 106 Å². The van der Waals surface area contributed by atoms with Crippen LogP contribution in [-0.4, -0.2) is 11.1 Å². The van der Waals surface area contributed by atoms with E-state index in [1.165, 1.54) is 0 Å². The van der Waals surface area contributed by atoms with Crippen LogP contribution < -0.4 is 0 Å². The number of carbonyl (C=O) groups is 1. The summed E-state index contributed by atoms with van der Waals surface area (Å²) in [6.45, 7) is 0. The van der Waals surface area contributed by atoms with E-state index >= 15 is 0 Å². The van der Waals surface area contributed by atoms with Gasteiger partial charge in [-0.1, -0.05) is 18.2 Å². The average Bonchev–Trinajstić information content (AvgIpc) is 2.98. The van der Waals surface area contributed by atoms with Crippen molar-refractivity contribution in [3.05, 3.63) is 48.2 Å². The van der Waals surface area contributed by atoms with Gasteiger partial charge in [-0.2, -0.15) is 0 Å². The molecule has 2 heterocycles. The molecule has 0 aliphatic carbocycles. The predicted octanol–water partition coefficient (Wildman–Crippen LogP) is 4.03. The lowest BCUT2D eigenvalue weighted by atomic mass is 10.1. The van der Waals surface area contributed by atoms with Gasteiger partial charge in [0, 0.05) is 22.2 Å². The maximum Gasteiger partial charge on any atom is 0.371 e. The van der Waals surface area contributed by atoms with Crippen LogP contribution >= 0.6 is 0 Å². The van der Waals surface area contributed by atoms with Crippen LogP contribution in [0.5, 0.6) is 0 Å². The fraction of sp³-hybridized carbons (Fsp3) is 0. The highest BCUT2D eigenvalue weighted by atomic mass is 16.4. The van der Waals surface area contributed by atoms with Crippen LogP contribution in [0.2, 0.25) is 0 Å². The number of hydrogen-bond donors (Lipinski definition) is 1. The van der Waals surface area contributed by atoms with E-state index in [2.05, 4.69) is 0 Å². The molecule has 0 aliphatic rings. The summed E-state index contributed by atoms with van der Waals surface area (Å²) in [5.41, 5.74) is 2.06. The quantitative estimate of drug-likeness (QED) is 0.555. The molecule has 0 spiro atoms. The summed E-state index contributed by atoms with van der Waals surface area (Å²) in [5, 5.41) is 11.6. The van der Waals surface area contributed by atoms with Crippen molar-refractivity contribution in [2.24, 2.45) is 0 Å². The molecule has 4 aromatic rings. The number of benzene rings is 2. The fourth-order valence-electron chi connectivity index (χ4n) is 2.44. The first-order valence-corrected chi connectivity index (χ1v) is 5.81. The molecule has 0 aliphatic heterocycles. The molecule has 19 heavy (non-hydrogen) atoms. The van der Waals surface area contributed by atoms with E-state index in [0.29, 0.717) is 5.58 Å². The van der Waals surface area contributed by atoms with Crippen molar-refractivity contribution in [2.45, 2.75) is 0 Å². The van der Waals surface area contributed by atoms with Crippen LogP contribution in [-0.2, 0) is 0 Å². The summed E-state index contributed by atoms with van der Waals surface area (Å²) in [6.07, 6.45) is 0. The molecule has 2 aromatic heterocycles. The Hall–Kier alpha value is -2.75. The van der Waals surface area contributed by atoms with Gasteiger partial charge in [-0.15, -0.1) is 0 Å². The number of fused-ring (bicyclic) bond motifs is 5. The molecule has 0 bridgehead atoms. The highest BCUT2D eigenvalue weighted by molar-refractivity contribution is 6.18. The summed E-state index contributed by atoms with van der Waals surface area (Å²) in [5.74, 6) is -1.13. The molecule has 1 N–H and O–H groups in total. The summed E-state index contributed by atoms with van der Waals surface area (Å²) in [7, 11) is 0. The number of para-hydroxylation sites is 1. The van der Waals surface area contributed by atoms with Gasteiger partial charge in [0.2, 0.25) is 5.76 Å². The summed E-state index contributed by atoms with van der Waals surface area (Å²) in [4.78, 5) is 11.0. The molecule has 0 fully saturated rings. The molecule has 2 aromatic carbocycles. The number of furan rings is 2. The molecule has 0 unspecified atom stereocenters. The van der Waals surface area contributed by atoms with Gasteiger partial charge < -0.3 is 13.9 Å². The second-order valence-corrected chi connectivity index (χ2v) is 4.36. The van der Waals surface area contributed by atoms with Crippen LogP contribution in [0.1, 0.15) is 10.6 Å². The SMILES string of the molecule is O=C(O)c1cc2c(ccc3oc4ccccc4c32)o1. The fourth-order valence-corrected chi connectivity index (χ4v) is 2.44. The number of carboxylic acids is 1.